The van der Waals surface area contributed by atoms with E-state index in [1.54, 1.807) is 12.1 Å². The molecule has 4 rings (SSSR count). The Balaban J connectivity index is 1.53. The van der Waals surface area contributed by atoms with Crippen molar-refractivity contribution < 1.29 is 22.8 Å². The third-order valence-corrected chi connectivity index (χ3v) is 7.26. The first-order valence-electron chi connectivity index (χ1n) is 10.2. The third-order valence-electron chi connectivity index (χ3n) is 5.56. The highest BCUT2D eigenvalue weighted by atomic mass is 35.5. The van der Waals surface area contributed by atoms with Gasteiger partial charge in [0.1, 0.15) is 10.2 Å². The van der Waals surface area contributed by atoms with Gasteiger partial charge in [0, 0.05) is 27.2 Å². The Morgan fingerprint density at radius 3 is 2.19 bits per heavy atom. The molecule has 2 atom stereocenters. The Morgan fingerprint density at radius 2 is 1.56 bits per heavy atom. The highest BCUT2D eigenvalue weighted by Crippen LogP contribution is 2.65. The number of hydrogen-bond donors (Lipinski definition) is 2. The van der Waals surface area contributed by atoms with E-state index in [1.807, 2.05) is 0 Å². The van der Waals surface area contributed by atoms with E-state index in [4.69, 9.17) is 58.0 Å². The summed E-state index contributed by atoms with van der Waals surface area (Å²) in [6, 6.07) is 11.4. The van der Waals surface area contributed by atoms with Crippen LogP contribution in [0, 0.1) is 11.7 Å². The first-order valence-corrected chi connectivity index (χ1v) is 12.1. The molecule has 1 saturated carbocycles. The minimum Gasteiger partial charge on any atom is -0.326 e. The SMILES string of the molecule is O=C(Nc1ccc(F)cc1C(F)F)c1cc(NC(=O)C2C(c3cc(Cl)cc(Cl)c3)C2(Cl)Cl)ccc1Cl. The maximum atomic E-state index is 13.4. The van der Waals surface area contributed by atoms with E-state index in [1.165, 1.54) is 24.3 Å². The van der Waals surface area contributed by atoms with Crippen molar-refractivity contribution in [3.05, 3.63) is 92.2 Å². The summed E-state index contributed by atoms with van der Waals surface area (Å²) in [7, 11) is 0. The molecule has 0 heterocycles. The molecule has 2 amide bonds. The molecule has 3 aromatic rings. The fraction of sp³-hybridized carbons (Fsp3) is 0.167. The number of rotatable bonds is 6. The molecule has 0 bridgehead atoms. The van der Waals surface area contributed by atoms with Crippen molar-refractivity contribution in [1.82, 2.24) is 0 Å². The van der Waals surface area contributed by atoms with Crippen molar-refractivity contribution in [2.75, 3.05) is 10.6 Å². The van der Waals surface area contributed by atoms with Gasteiger partial charge >= 0.3 is 0 Å². The molecule has 0 aromatic heterocycles. The molecule has 0 radical (unpaired) electrons. The summed E-state index contributed by atoms with van der Waals surface area (Å²) in [4.78, 5) is 25.7. The lowest BCUT2D eigenvalue weighted by molar-refractivity contribution is -0.117. The quantitative estimate of drug-likeness (QED) is 0.281. The smallest absolute Gasteiger partial charge is 0.265 e. The lowest BCUT2D eigenvalue weighted by atomic mass is 10.1. The summed E-state index contributed by atoms with van der Waals surface area (Å²) < 4.78 is 38.5. The van der Waals surface area contributed by atoms with Crippen LogP contribution in [-0.2, 0) is 4.79 Å². The first kappa shape index (κ1) is 26.9. The molecule has 1 aliphatic rings. The lowest BCUT2D eigenvalue weighted by Gasteiger charge is -2.13. The number of carbonyl (C=O) groups excluding carboxylic acids is 2. The second-order valence-electron chi connectivity index (χ2n) is 8.00. The van der Waals surface area contributed by atoms with Crippen LogP contribution in [0.25, 0.3) is 0 Å². The molecular weight excluding hydrogens is 583 g/mol. The molecule has 4 nitrogen and oxygen atoms in total. The predicted molar refractivity (Wildman–Crippen MR) is 137 cm³/mol. The minimum atomic E-state index is -3.02. The van der Waals surface area contributed by atoms with Gasteiger partial charge in [0.15, 0.2) is 0 Å². The number of nitrogens with one attached hydrogen (secondary N) is 2. The Hall–Kier alpha value is -2.16. The first-order chi connectivity index (χ1) is 16.9. The highest BCUT2D eigenvalue weighted by Gasteiger charge is 2.67. The monoisotopic (exact) mass is 594 g/mol. The Labute approximate surface area is 228 Å². The molecule has 2 N–H and O–H groups in total. The van der Waals surface area contributed by atoms with E-state index in [-0.39, 0.29) is 22.0 Å². The molecule has 12 heteroatoms. The van der Waals surface area contributed by atoms with E-state index in [2.05, 4.69) is 10.6 Å². The number of hydrogen-bond acceptors (Lipinski definition) is 2. The number of anilines is 2. The molecule has 36 heavy (non-hydrogen) atoms. The standard InChI is InChI=1S/C24H14Cl5F3N2O2/c25-11-5-10(6-12(26)7-11)19-20(24(19,28)29)23(36)33-14-2-3-17(27)15(9-14)22(35)34-18-4-1-13(30)8-16(18)21(31)32/h1-9,19-21H,(H,33,36)(H,34,35). The van der Waals surface area contributed by atoms with E-state index in [0.717, 1.165) is 12.1 Å². The largest absolute Gasteiger partial charge is 0.326 e. The van der Waals surface area contributed by atoms with Crippen molar-refractivity contribution in [1.29, 1.82) is 0 Å². The van der Waals surface area contributed by atoms with E-state index < -0.39 is 45.8 Å². The summed E-state index contributed by atoms with van der Waals surface area (Å²) in [5.41, 5.74) is -0.317. The normalized spacial score (nSPS) is 18.1. The van der Waals surface area contributed by atoms with Crippen LogP contribution in [0.2, 0.25) is 15.1 Å². The molecule has 0 spiro atoms. The fourth-order valence-electron chi connectivity index (χ4n) is 3.84. The zero-order valence-electron chi connectivity index (χ0n) is 17.8. The topological polar surface area (TPSA) is 58.2 Å². The van der Waals surface area contributed by atoms with Gasteiger partial charge in [-0.3, -0.25) is 9.59 Å². The van der Waals surface area contributed by atoms with Crippen molar-refractivity contribution in [2.24, 2.45) is 5.92 Å². The van der Waals surface area contributed by atoms with Gasteiger partial charge in [-0.05, 0) is 60.2 Å². The zero-order valence-corrected chi connectivity index (χ0v) is 21.5. The van der Waals surface area contributed by atoms with Gasteiger partial charge in [0.2, 0.25) is 5.91 Å². The van der Waals surface area contributed by atoms with Crippen molar-refractivity contribution in [3.8, 4) is 0 Å². The number of halogens is 8. The van der Waals surface area contributed by atoms with E-state index >= 15 is 0 Å². The van der Waals surface area contributed by atoms with Crippen molar-refractivity contribution >= 4 is 81.2 Å². The zero-order chi connectivity index (χ0) is 26.4. The number of carbonyl (C=O) groups is 2. The van der Waals surface area contributed by atoms with Gasteiger partial charge in [-0.15, -0.1) is 23.2 Å². The maximum absolute atomic E-state index is 13.4. The molecule has 188 valence electrons. The lowest BCUT2D eigenvalue weighted by Crippen LogP contribution is -2.18. The fourth-order valence-corrected chi connectivity index (χ4v) is 5.41. The predicted octanol–water partition coefficient (Wildman–Crippen LogP) is 8.50. The van der Waals surface area contributed by atoms with Crippen LogP contribution in [0.4, 0.5) is 24.5 Å². The van der Waals surface area contributed by atoms with Crippen LogP contribution in [0.15, 0.2) is 54.6 Å². The molecule has 3 aromatic carbocycles. The Morgan fingerprint density at radius 1 is 0.889 bits per heavy atom. The summed E-state index contributed by atoms with van der Waals surface area (Å²) >= 11 is 31.0. The van der Waals surface area contributed by atoms with Gasteiger partial charge in [-0.1, -0.05) is 34.8 Å². The van der Waals surface area contributed by atoms with Crippen molar-refractivity contribution in [3.63, 3.8) is 0 Å². The Kier molecular flexibility index (Phi) is 7.70. The summed E-state index contributed by atoms with van der Waals surface area (Å²) in [5.74, 6) is -3.69. The van der Waals surface area contributed by atoms with Gasteiger partial charge in [0.25, 0.3) is 12.3 Å². The molecule has 2 unspecified atom stereocenters. The number of benzene rings is 3. The van der Waals surface area contributed by atoms with Crippen molar-refractivity contribution in [2.45, 2.75) is 16.7 Å². The summed E-state index contributed by atoms with van der Waals surface area (Å²) in [5, 5.41) is 5.63. The van der Waals surface area contributed by atoms with Crippen LogP contribution < -0.4 is 10.6 Å². The number of amides is 2. The molecule has 1 fully saturated rings. The molecular formula is C24H14Cl5F3N2O2. The van der Waals surface area contributed by atoms with Gasteiger partial charge in [0.05, 0.1) is 22.2 Å². The third kappa shape index (κ3) is 5.55. The van der Waals surface area contributed by atoms with Gasteiger partial charge in [-0.2, -0.15) is 0 Å². The van der Waals surface area contributed by atoms with E-state index in [0.29, 0.717) is 21.7 Å². The Bertz CT molecular complexity index is 1350. The van der Waals surface area contributed by atoms with E-state index in [9.17, 15) is 22.8 Å². The molecule has 1 aliphatic carbocycles. The van der Waals surface area contributed by atoms with Gasteiger partial charge < -0.3 is 10.6 Å². The van der Waals surface area contributed by atoms with Crippen LogP contribution in [0.3, 0.4) is 0 Å². The summed E-state index contributed by atoms with van der Waals surface area (Å²) in [6.45, 7) is 0. The molecule has 0 saturated heterocycles. The second kappa shape index (κ2) is 10.3. The second-order valence-corrected chi connectivity index (χ2v) is 10.7. The average molecular weight is 597 g/mol. The van der Waals surface area contributed by atoms with Crippen LogP contribution in [-0.4, -0.2) is 16.1 Å². The minimum absolute atomic E-state index is 0.00638. The van der Waals surface area contributed by atoms with Crippen LogP contribution in [0.1, 0.15) is 33.8 Å². The highest BCUT2D eigenvalue weighted by molar-refractivity contribution is 6.53. The van der Waals surface area contributed by atoms with Crippen LogP contribution >= 0.6 is 58.0 Å². The summed E-state index contributed by atoms with van der Waals surface area (Å²) in [6.07, 6.45) is -3.02. The van der Waals surface area contributed by atoms with Crippen LogP contribution in [0.5, 0.6) is 0 Å². The maximum Gasteiger partial charge on any atom is 0.265 e. The number of alkyl halides is 4. The molecule has 0 aliphatic heterocycles. The van der Waals surface area contributed by atoms with Gasteiger partial charge in [-0.25, -0.2) is 13.2 Å². The average Bonchev–Trinajstić information content (AvgIpc) is 3.37.